The predicted molar refractivity (Wildman–Crippen MR) is 67.5 cm³/mol. The summed E-state index contributed by atoms with van der Waals surface area (Å²) >= 11 is 5.71. The summed E-state index contributed by atoms with van der Waals surface area (Å²) in [5, 5.41) is 22.9. The zero-order valence-corrected chi connectivity index (χ0v) is 10.3. The maximum Gasteiger partial charge on any atom is 0.293 e. The molecule has 0 aromatic heterocycles. The van der Waals surface area contributed by atoms with Crippen molar-refractivity contribution in [1.82, 2.24) is 0 Å². The third-order valence-electron chi connectivity index (χ3n) is 2.42. The van der Waals surface area contributed by atoms with Crippen molar-refractivity contribution >= 4 is 23.0 Å². The molecular weight excluding hydrogens is 244 g/mol. The molecule has 1 aromatic rings. The quantitative estimate of drug-likeness (QED) is 0.608. The number of aliphatic hydroxyl groups is 1. The van der Waals surface area contributed by atoms with Gasteiger partial charge in [0, 0.05) is 24.2 Å². The molecule has 0 aliphatic heterocycles. The number of hydrogen-bond donors (Lipinski definition) is 2. The number of nitro groups is 1. The zero-order valence-electron chi connectivity index (χ0n) is 9.52. The lowest BCUT2D eigenvalue weighted by atomic mass is 10.1. The van der Waals surface area contributed by atoms with E-state index in [2.05, 4.69) is 5.32 Å². The highest BCUT2D eigenvalue weighted by Crippen LogP contribution is 2.27. The van der Waals surface area contributed by atoms with Crippen molar-refractivity contribution in [1.29, 1.82) is 0 Å². The van der Waals surface area contributed by atoms with Gasteiger partial charge in [0.2, 0.25) is 0 Å². The zero-order chi connectivity index (χ0) is 12.8. The first-order valence-corrected chi connectivity index (χ1v) is 5.71. The van der Waals surface area contributed by atoms with E-state index in [9.17, 15) is 10.1 Å². The number of nitrogens with zero attached hydrogens (tertiary/aromatic N) is 1. The van der Waals surface area contributed by atoms with Crippen molar-refractivity contribution in [3.05, 3.63) is 33.3 Å². The van der Waals surface area contributed by atoms with Gasteiger partial charge >= 0.3 is 0 Å². The summed E-state index contributed by atoms with van der Waals surface area (Å²) < 4.78 is 0. The number of rotatable bonds is 6. The van der Waals surface area contributed by atoms with E-state index in [4.69, 9.17) is 16.7 Å². The Labute approximate surface area is 105 Å². The molecule has 1 aromatic carbocycles. The van der Waals surface area contributed by atoms with Crippen molar-refractivity contribution in [2.75, 3.05) is 18.5 Å². The topological polar surface area (TPSA) is 75.4 Å². The second-order valence-corrected chi connectivity index (χ2v) is 4.35. The number of nitro benzene ring substituents is 1. The molecule has 2 N–H and O–H groups in total. The molecule has 1 atom stereocenters. The van der Waals surface area contributed by atoms with Crippen LogP contribution in [0.5, 0.6) is 0 Å². The van der Waals surface area contributed by atoms with Crippen LogP contribution in [0.2, 0.25) is 5.02 Å². The van der Waals surface area contributed by atoms with Gasteiger partial charge in [-0.25, -0.2) is 0 Å². The fraction of sp³-hybridized carbons (Fsp3) is 0.455. The molecule has 0 spiro atoms. The first kappa shape index (κ1) is 13.7. The van der Waals surface area contributed by atoms with Crippen LogP contribution in [0.1, 0.15) is 13.3 Å². The van der Waals surface area contributed by atoms with Crippen molar-refractivity contribution < 1.29 is 10.0 Å². The highest BCUT2D eigenvalue weighted by Gasteiger charge is 2.14. The number of aliphatic hydroxyl groups excluding tert-OH is 1. The second kappa shape index (κ2) is 6.42. The van der Waals surface area contributed by atoms with Crippen LogP contribution in [0.25, 0.3) is 0 Å². The van der Waals surface area contributed by atoms with Gasteiger partial charge in [-0.1, -0.05) is 18.5 Å². The predicted octanol–water partition coefficient (Wildman–Crippen LogP) is 2.68. The van der Waals surface area contributed by atoms with Crippen LogP contribution in [0.4, 0.5) is 11.4 Å². The third kappa shape index (κ3) is 4.20. The molecule has 1 rings (SSSR count). The maximum atomic E-state index is 10.8. The Morgan fingerprint density at radius 3 is 2.88 bits per heavy atom. The van der Waals surface area contributed by atoms with Crippen molar-refractivity contribution in [3.63, 3.8) is 0 Å². The fourth-order valence-electron chi connectivity index (χ4n) is 1.41. The molecule has 17 heavy (non-hydrogen) atoms. The van der Waals surface area contributed by atoms with E-state index in [1.807, 2.05) is 6.92 Å². The van der Waals surface area contributed by atoms with Gasteiger partial charge in [0.25, 0.3) is 5.69 Å². The van der Waals surface area contributed by atoms with E-state index < -0.39 is 4.92 Å². The van der Waals surface area contributed by atoms with Crippen LogP contribution in [-0.4, -0.2) is 23.2 Å². The summed E-state index contributed by atoms with van der Waals surface area (Å²) in [5.41, 5.74) is 0.415. The van der Waals surface area contributed by atoms with Crippen LogP contribution < -0.4 is 5.32 Å². The third-order valence-corrected chi connectivity index (χ3v) is 2.65. The monoisotopic (exact) mass is 258 g/mol. The second-order valence-electron chi connectivity index (χ2n) is 3.92. The summed E-state index contributed by atoms with van der Waals surface area (Å²) in [5.74, 6) is 0.246. The van der Waals surface area contributed by atoms with Gasteiger partial charge in [-0.05, 0) is 24.5 Å². The van der Waals surface area contributed by atoms with Gasteiger partial charge in [0.1, 0.15) is 5.69 Å². The number of nitrogens with one attached hydrogen (secondary N) is 1. The lowest BCUT2D eigenvalue weighted by Gasteiger charge is -2.12. The molecule has 94 valence electrons. The Bertz CT molecular complexity index is 398. The number of benzene rings is 1. The van der Waals surface area contributed by atoms with Crippen LogP contribution >= 0.6 is 11.6 Å². The van der Waals surface area contributed by atoms with E-state index in [0.29, 0.717) is 23.7 Å². The minimum absolute atomic E-state index is 0.0336. The van der Waals surface area contributed by atoms with Gasteiger partial charge in [0.15, 0.2) is 0 Å². The first-order chi connectivity index (χ1) is 8.04. The largest absolute Gasteiger partial charge is 0.396 e. The van der Waals surface area contributed by atoms with Crippen molar-refractivity contribution in [2.45, 2.75) is 13.3 Å². The molecular formula is C11H15ClN2O3. The van der Waals surface area contributed by atoms with E-state index in [1.165, 1.54) is 6.07 Å². The Morgan fingerprint density at radius 2 is 2.29 bits per heavy atom. The minimum Gasteiger partial charge on any atom is -0.396 e. The molecule has 0 heterocycles. The maximum absolute atomic E-state index is 10.8. The number of hydrogen-bond acceptors (Lipinski definition) is 4. The normalized spacial score (nSPS) is 12.2. The van der Waals surface area contributed by atoms with Crippen molar-refractivity contribution in [2.24, 2.45) is 5.92 Å². The molecule has 6 heteroatoms. The summed E-state index contributed by atoms with van der Waals surface area (Å²) in [7, 11) is 0. The van der Waals surface area contributed by atoms with Crippen molar-refractivity contribution in [3.8, 4) is 0 Å². The van der Waals surface area contributed by atoms with Gasteiger partial charge in [-0.15, -0.1) is 0 Å². The number of halogens is 1. The van der Waals surface area contributed by atoms with Crippen LogP contribution in [0.3, 0.4) is 0 Å². The van der Waals surface area contributed by atoms with Crippen LogP contribution in [0.15, 0.2) is 18.2 Å². The van der Waals surface area contributed by atoms with E-state index in [0.717, 1.165) is 0 Å². The van der Waals surface area contributed by atoms with Gasteiger partial charge < -0.3 is 10.4 Å². The Kier molecular flexibility index (Phi) is 5.18. The molecule has 1 unspecified atom stereocenters. The smallest absolute Gasteiger partial charge is 0.293 e. The summed E-state index contributed by atoms with van der Waals surface area (Å²) in [6.07, 6.45) is 0.661. The highest BCUT2D eigenvalue weighted by molar-refractivity contribution is 6.30. The summed E-state index contributed by atoms with van der Waals surface area (Å²) in [4.78, 5) is 10.3. The average Bonchev–Trinajstić information content (AvgIpc) is 2.27. The average molecular weight is 259 g/mol. The lowest BCUT2D eigenvalue weighted by molar-refractivity contribution is -0.383. The summed E-state index contributed by atoms with van der Waals surface area (Å²) in [6, 6.07) is 4.51. The van der Waals surface area contributed by atoms with E-state index in [1.54, 1.807) is 12.1 Å². The van der Waals surface area contributed by atoms with Crippen LogP contribution in [0, 0.1) is 16.0 Å². The molecule has 0 radical (unpaired) electrons. The van der Waals surface area contributed by atoms with E-state index >= 15 is 0 Å². The van der Waals surface area contributed by atoms with Gasteiger partial charge in [0.05, 0.1) is 4.92 Å². The highest BCUT2D eigenvalue weighted by atomic mass is 35.5. The molecule has 0 bridgehead atoms. The molecule has 0 saturated carbocycles. The Balaban J connectivity index is 2.73. The number of anilines is 1. The Hall–Kier alpha value is -1.33. The molecule has 0 aliphatic carbocycles. The fourth-order valence-corrected chi connectivity index (χ4v) is 1.58. The van der Waals surface area contributed by atoms with Gasteiger partial charge in [-0.2, -0.15) is 0 Å². The molecule has 0 aliphatic rings. The molecule has 0 saturated heterocycles. The standard InChI is InChI=1S/C11H15ClN2O3/c1-8(4-5-15)7-13-10-3-2-9(12)6-11(10)14(16)17/h2-3,6,8,13,15H,4-5,7H2,1H3. The van der Waals surface area contributed by atoms with Crippen LogP contribution in [-0.2, 0) is 0 Å². The lowest BCUT2D eigenvalue weighted by Crippen LogP contribution is -2.13. The van der Waals surface area contributed by atoms with Gasteiger partial charge in [-0.3, -0.25) is 10.1 Å². The molecule has 5 nitrogen and oxygen atoms in total. The first-order valence-electron chi connectivity index (χ1n) is 5.33. The SMILES string of the molecule is CC(CCO)CNc1ccc(Cl)cc1[N+](=O)[O-]. The minimum atomic E-state index is -0.467. The summed E-state index contributed by atoms with van der Waals surface area (Å²) in [6.45, 7) is 2.65. The molecule has 0 fully saturated rings. The molecule has 0 amide bonds. The Morgan fingerprint density at radius 1 is 1.59 bits per heavy atom. The van der Waals surface area contributed by atoms with E-state index in [-0.39, 0.29) is 18.2 Å².